The molecule has 2 atom stereocenters. The molecule has 1 unspecified atom stereocenters. The maximum Gasteiger partial charge on any atom is 0.472 e. The van der Waals surface area contributed by atoms with Crippen LogP contribution in [0, 0.1) is 0 Å². The largest absolute Gasteiger partial charge is 0.472 e. The first-order valence-electron chi connectivity index (χ1n) is 22.9. The zero-order valence-electron chi connectivity index (χ0n) is 36.9. The molecule has 0 spiro atoms. The van der Waals surface area contributed by atoms with Crippen LogP contribution in [-0.2, 0) is 42.1 Å². The van der Waals surface area contributed by atoms with Crippen LogP contribution in [0.3, 0.4) is 0 Å². The monoisotopic (exact) mass is 862 g/mol. The van der Waals surface area contributed by atoms with E-state index in [2.05, 4.69) is 43.5 Å². The summed E-state index contributed by atoms with van der Waals surface area (Å²) in [6, 6.07) is 0. The zero-order chi connectivity index (χ0) is 42.6. The predicted octanol–water partition coefficient (Wildman–Crippen LogP) is 12.7. The van der Waals surface area contributed by atoms with E-state index in [-0.39, 0.29) is 53.2 Å². The first kappa shape index (κ1) is 58.9. The molecule has 13 heteroatoms. The molecular weight excluding hydrogens is 773 g/mol. The number of amides is 1. The van der Waals surface area contributed by atoms with Crippen molar-refractivity contribution in [1.29, 1.82) is 0 Å². The summed E-state index contributed by atoms with van der Waals surface area (Å²) in [4.78, 5) is 47.0. The van der Waals surface area contributed by atoms with Crippen molar-refractivity contribution in [2.45, 2.75) is 207 Å². The number of alkyl carbamates (subject to hydrolysis) is 1. The summed E-state index contributed by atoms with van der Waals surface area (Å²) in [5, 5.41) is 2.38. The van der Waals surface area contributed by atoms with Gasteiger partial charge >= 0.3 is 25.9 Å². The maximum atomic E-state index is 12.7. The lowest BCUT2D eigenvalue weighted by Crippen LogP contribution is -2.30. The minimum Gasteiger partial charge on any atom is -0.462 e. The molecule has 0 rings (SSSR count). The summed E-state index contributed by atoms with van der Waals surface area (Å²) >= 11 is 0. The number of esters is 2. The number of carbonyl (C=O) groups is 3. The number of nitrogens with one attached hydrogen (secondary N) is 1. The summed E-state index contributed by atoms with van der Waals surface area (Å²) in [6.07, 6.45) is 37.7. The Labute approximate surface area is 360 Å². The number of methoxy groups -OCH3 is 1. The van der Waals surface area contributed by atoms with Crippen molar-refractivity contribution in [3.05, 3.63) is 24.3 Å². The molecule has 0 aromatic rings. The molecule has 0 aliphatic carbocycles. The lowest BCUT2D eigenvalue weighted by atomic mass is 10.1. The molecule has 0 heterocycles. The van der Waals surface area contributed by atoms with Gasteiger partial charge in [0.2, 0.25) is 0 Å². The van der Waals surface area contributed by atoms with Crippen LogP contribution in [0.25, 0.3) is 0 Å². The Kier molecular flexibility index (Phi) is 45.2. The molecule has 0 fully saturated rings. The van der Waals surface area contributed by atoms with Gasteiger partial charge in [0.05, 0.1) is 19.8 Å². The molecule has 0 aromatic carbocycles. The third-order valence-corrected chi connectivity index (χ3v) is 10.6. The van der Waals surface area contributed by atoms with Gasteiger partial charge in [-0.05, 0) is 64.2 Å². The first-order chi connectivity index (χ1) is 28.2. The molecular formula is C46H88NO11P. The first-order valence-corrected chi connectivity index (χ1v) is 24.4. The molecule has 59 heavy (non-hydrogen) atoms. The number of ether oxygens (including phenoxy) is 4. The van der Waals surface area contributed by atoms with Crippen LogP contribution in [0.1, 0.15) is 201 Å². The van der Waals surface area contributed by atoms with Crippen LogP contribution in [0.15, 0.2) is 24.3 Å². The van der Waals surface area contributed by atoms with Gasteiger partial charge in [0.1, 0.15) is 13.2 Å². The van der Waals surface area contributed by atoms with Crippen molar-refractivity contribution in [1.82, 2.24) is 5.32 Å². The number of rotatable bonds is 43. The highest BCUT2D eigenvalue weighted by Gasteiger charge is 2.26. The number of allylic oxidation sites excluding steroid dienone is 4. The Morgan fingerprint density at radius 2 is 1.00 bits per heavy atom. The summed E-state index contributed by atoms with van der Waals surface area (Å²) in [7, 11) is -3.10. The van der Waals surface area contributed by atoms with Crippen LogP contribution < -0.4 is 5.32 Å². The van der Waals surface area contributed by atoms with E-state index in [0.717, 1.165) is 70.6 Å². The van der Waals surface area contributed by atoms with Crippen molar-refractivity contribution in [2.75, 3.05) is 46.7 Å². The van der Waals surface area contributed by atoms with E-state index >= 15 is 0 Å². The predicted molar refractivity (Wildman–Crippen MR) is 239 cm³/mol. The molecule has 0 saturated heterocycles. The molecule has 0 aliphatic heterocycles. The van der Waals surface area contributed by atoms with Gasteiger partial charge in [-0.3, -0.25) is 18.6 Å². The minimum absolute atomic E-state index is 0. The fourth-order valence-corrected chi connectivity index (χ4v) is 6.85. The molecule has 0 saturated carbocycles. The van der Waals surface area contributed by atoms with Crippen LogP contribution in [0.2, 0.25) is 0 Å². The summed E-state index contributed by atoms with van der Waals surface area (Å²) in [6.45, 7) is 3.51. The lowest BCUT2D eigenvalue weighted by Gasteiger charge is -2.20. The molecule has 0 aliphatic rings. The molecule has 0 radical (unpaired) electrons. The Hall–Kier alpha value is -2.24. The Morgan fingerprint density at radius 1 is 0.559 bits per heavy atom. The average Bonchev–Trinajstić information content (AvgIpc) is 3.20. The van der Waals surface area contributed by atoms with Crippen LogP contribution in [0.4, 0.5) is 4.79 Å². The maximum absolute atomic E-state index is 12.7. The smallest absolute Gasteiger partial charge is 0.462 e. The van der Waals surface area contributed by atoms with Gasteiger partial charge in [0.15, 0.2) is 6.10 Å². The minimum atomic E-state index is -4.58. The lowest BCUT2D eigenvalue weighted by molar-refractivity contribution is -0.161. The van der Waals surface area contributed by atoms with E-state index < -0.39 is 38.6 Å². The van der Waals surface area contributed by atoms with Gasteiger partial charge in [-0.2, -0.15) is 0 Å². The van der Waals surface area contributed by atoms with Crippen LogP contribution in [0.5, 0.6) is 0 Å². The number of phosphoric acid groups is 1. The van der Waals surface area contributed by atoms with Crippen molar-refractivity contribution >= 4 is 25.9 Å². The topological polar surface area (TPSA) is 156 Å². The van der Waals surface area contributed by atoms with Gasteiger partial charge < -0.3 is 29.2 Å². The van der Waals surface area contributed by atoms with E-state index in [1.54, 1.807) is 0 Å². The Balaban J connectivity index is 0. The van der Waals surface area contributed by atoms with Gasteiger partial charge in [0.25, 0.3) is 0 Å². The van der Waals surface area contributed by atoms with Crippen molar-refractivity contribution in [2.24, 2.45) is 0 Å². The second kappa shape index (κ2) is 45.3. The second-order valence-corrected chi connectivity index (χ2v) is 16.6. The van der Waals surface area contributed by atoms with E-state index in [4.69, 9.17) is 28.0 Å². The van der Waals surface area contributed by atoms with E-state index in [1.807, 2.05) is 0 Å². The molecule has 2 N–H and O–H groups in total. The third-order valence-electron chi connectivity index (χ3n) is 9.58. The molecule has 0 bridgehead atoms. The fraction of sp³-hybridized carbons (Fsp3) is 0.848. The molecule has 12 nitrogen and oxygen atoms in total. The van der Waals surface area contributed by atoms with E-state index in [0.29, 0.717) is 12.8 Å². The van der Waals surface area contributed by atoms with Crippen LogP contribution >= 0.6 is 7.82 Å². The normalized spacial score (nSPS) is 12.9. The number of carbonyl (C=O) groups excluding carboxylic acids is 3. The summed E-state index contributed by atoms with van der Waals surface area (Å²) in [5.74, 6) is -0.924. The van der Waals surface area contributed by atoms with Gasteiger partial charge in [0, 0.05) is 26.5 Å². The fourth-order valence-electron chi connectivity index (χ4n) is 6.10. The van der Waals surface area contributed by atoms with Crippen molar-refractivity contribution < 1.29 is 51.8 Å². The molecule has 1 amide bonds. The van der Waals surface area contributed by atoms with Gasteiger partial charge in [-0.25, -0.2) is 9.36 Å². The second-order valence-electron chi connectivity index (χ2n) is 15.1. The Morgan fingerprint density at radius 3 is 1.47 bits per heavy atom. The number of hydrogen-bond acceptors (Lipinski definition) is 10. The van der Waals surface area contributed by atoms with Crippen LogP contribution in [-0.4, -0.2) is 75.7 Å². The molecule has 0 aromatic heterocycles. The number of phosphoric ester groups is 1. The van der Waals surface area contributed by atoms with Gasteiger partial charge in [-0.1, -0.05) is 148 Å². The van der Waals surface area contributed by atoms with E-state index in [1.165, 1.54) is 90.6 Å². The summed E-state index contributed by atoms with van der Waals surface area (Å²) in [5.41, 5.74) is 0. The summed E-state index contributed by atoms with van der Waals surface area (Å²) < 4.78 is 43.1. The van der Waals surface area contributed by atoms with E-state index in [9.17, 15) is 23.8 Å². The quantitative estimate of drug-likeness (QED) is 0.0198. The highest BCUT2D eigenvalue weighted by atomic mass is 31.2. The van der Waals surface area contributed by atoms with Crippen molar-refractivity contribution in [3.63, 3.8) is 0 Å². The standard InChI is InChI=1S/C45H84NO11P.CH4/c1-4-6-8-10-12-14-16-18-20-22-24-26-28-30-32-34-43(47)54-40-42(41-56-58(50,51)55-37-36-46-45(49)53-39-38-52-3)57-44(48)35-33-31-29-27-25-23-21-19-17-15-13-11-9-7-5-2;/h18-21,42H,4-17,22-41H2,1-3H3,(H,46,49)(H,50,51);1H4/b20-18-,21-19-;/t42-;/m1./s1. The average molecular weight is 862 g/mol. The number of unbranched alkanes of at least 4 members (excludes halogenated alkanes) is 22. The highest BCUT2D eigenvalue weighted by molar-refractivity contribution is 7.47. The Bertz CT molecular complexity index is 1070. The van der Waals surface area contributed by atoms with Gasteiger partial charge in [-0.15, -0.1) is 0 Å². The van der Waals surface area contributed by atoms with Crippen molar-refractivity contribution in [3.8, 4) is 0 Å². The molecule has 348 valence electrons. The number of hydrogen-bond donors (Lipinski definition) is 2. The SMILES string of the molecule is C.CCCCCCCC/C=C\CCCCCCCC(=O)OC[C@H](COP(=O)(O)OCCNC(=O)OCCOC)OC(=O)CCCCCCC/C=C\CCCCCCCC. The highest BCUT2D eigenvalue weighted by Crippen LogP contribution is 2.43. The zero-order valence-corrected chi connectivity index (χ0v) is 37.8. The third kappa shape index (κ3) is 45.1.